The minimum atomic E-state index is -3.93. The Labute approximate surface area is 125 Å². The van der Waals surface area contributed by atoms with Gasteiger partial charge in [-0.3, -0.25) is 4.72 Å². The van der Waals surface area contributed by atoms with Gasteiger partial charge in [0.2, 0.25) is 0 Å². The number of anilines is 1. The zero-order valence-electron chi connectivity index (χ0n) is 10.2. The van der Waals surface area contributed by atoms with Crippen LogP contribution in [0.15, 0.2) is 35.2 Å². The second kappa shape index (κ2) is 5.55. The van der Waals surface area contributed by atoms with Crippen LogP contribution in [0.25, 0.3) is 0 Å². The van der Waals surface area contributed by atoms with Crippen LogP contribution < -0.4 is 4.72 Å². The summed E-state index contributed by atoms with van der Waals surface area (Å²) in [5, 5.41) is 0.0577. The first kappa shape index (κ1) is 15.0. The molecular formula is C12H9Cl2FN2O2S. The summed E-state index contributed by atoms with van der Waals surface area (Å²) in [4.78, 5) is 3.72. The van der Waals surface area contributed by atoms with Crippen molar-refractivity contribution in [1.82, 2.24) is 4.98 Å². The highest BCUT2D eigenvalue weighted by molar-refractivity contribution is 7.92. The molecule has 0 spiro atoms. The van der Waals surface area contributed by atoms with Crippen LogP contribution in [0.4, 0.5) is 10.1 Å². The first-order chi connectivity index (χ1) is 9.29. The monoisotopic (exact) mass is 334 g/mol. The van der Waals surface area contributed by atoms with E-state index in [-0.39, 0.29) is 20.8 Å². The van der Waals surface area contributed by atoms with Crippen molar-refractivity contribution in [1.29, 1.82) is 0 Å². The Morgan fingerprint density at radius 1 is 1.20 bits per heavy atom. The van der Waals surface area contributed by atoms with Gasteiger partial charge in [0, 0.05) is 0 Å². The van der Waals surface area contributed by atoms with E-state index >= 15 is 0 Å². The van der Waals surface area contributed by atoms with Crippen molar-refractivity contribution in [3.05, 3.63) is 52.0 Å². The molecule has 0 amide bonds. The van der Waals surface area contributed by atoms with Crippen molar-refractivity contribution in [3.63, 3.8) is 0 Å². The number of benzene rings is 1. The van der Waals surface area contributed by atoms with Crippen molar-refractivity contribution in [2.75, 3.05) is 4.72 Å². The molecule has 0 saturated carbocycles. The van der Waals surface area contributed by atoms with Gasteiger partial charge in [-0.05, 0) is 37.3 Å². The fraction of sp³-hybridized carbons (Fsp3) is 0.0833. The Hall–Kier alpha value is -1.37. The maximum absolute atomic E-state index is 12.9. The first-order valence-corrected chi connectivity index (χ1v) is 7.64. The molecule has 0 aliphatic carbocycles. The van der Waals surface area contributed by atoms with Crippen molar-refractivity contribution in [2.24, 2.45) is 0 Å². The summed E-state index contributed by atoms with van der Waals surface area (Å²) >= 11 is 11.4. The molecule has 1 aromatic carbocycles. The van der Waals surface area contributed by atoms with Gasteiger partial charge in [-0.1, -0.05) is 23.2 Å². The third kappa shape index (κ3) is 3.20. The molecule has 1 heterocycles. The van der Waals surface area contributed by atoms with Crippen LogP contribution in [0.5, 0.6) is 0 Å². The van der Waals surface area contributed by atoms with Crippen molar-refractivity contribution < 1.29 is 12.8 Å². The first-order valence-electron chi connectivity index (χ1n) is 5.40. The van der Waals surface area contributed by atoms with Crippen molar-refractivity contribution in [2.45, 2.75) is 11.8 Å². The minimum absolute atomic E-state index is 0.197. The summed E-state index contributed by atoms with van der Waals surface area (Å²) in [6.07, 6.45) is 0. The molecule has 1 N–H and O–H groups in total. The topological polar surface area (TPSA) is 59.1 Å². The zero-order chi connectivity index (χ0) is 14.9. The van der Waals surface area contributed by atoms with Crippen LogP contribution in [0.1, 0.15) is 5.69 Å². The highest BCUT2D eigenvalue weighted by Gasteiger charge is 2.19. The Bertz CT molecular complexity index is 766. The highest BCUT2D eigenvalue weighted by Crippen LogP contribution is 2.25. The molecule has 0 aliphatic heterocycles. The van der Waals surface area contributed by atoms with Crippen molar-refractivity contribution >= 4 is 38.9 Å². The summed E-state index contributed by atoms with van der Waals surface area (Å²) in [7, 11) is -3.93. The molecule has 2 rings (SSSR count). The number of nitrogens with one attached hydrogen (secondary N) is 1. The fourth-order valence-electron chi connectivity index (χ4n) is 1.53. The molecule has 0 saturated heterocycles. The number of aryl methyl sites for hydroxylation is 1. The molecule has 0 radical (unpaired) electrons. The van der Waals surface area contributed by atoms with Gasteiger partial charge in [0.05, 0.1) is 16.4 Å². The largest absolute Gasteiger partial charge is 0.278 e. The second-order valence-corrected chi connectivity index (χ2v) is 6.39. The number of rotatable bonds is 3. The van der Waals surface area contributed by atoms with Crippen LogP contribution in [-0.2, 0) is 10.0 Å². The molecule has 0 atom stereocenters. The molecule has 106 valence electrons. The van der Waals surface area contributed by atoms with E-state index < -0.39 is 15.8 Å². The number of nitrogens with zero attached hydrogens (tertiary/aromatic N) is 1. The lowest BCUT2D eigenvalue weighted by atomic mass is 10.3. The Morgan fingerprint density at radius 3 is 2.50 bits per heavy atom. The lowest BCUT2D eigenvalue weighted by Crippen LogP contribution is -2.14. The van der Waals surface area contributed by atoms with Crippen LogP contribution in [0.2, 0.25) is 10.2 Å². The summed E-state index contributed by atoms with van der Waals surface area (Å²) in [6, 6.07) is 5.99. The van der Waals surface area contributed by atoms with E-state index in [9.17, 15) is 12.8 Å². The average Bonchev–Trinajstić information content (AvgIpc) is 2.32. The Morgan fingerprint density at radius 2 is 1.90 bits per heavy atom. The van der Waals surface area contributed by atoms with Crippen LogP contribution >= 0.6 is 23.2 Å². The lowest BCUT2D eigenvalue weighted by molar-refractivity contribution is 0.599. The molecule has 20 heavy (non-hydrogen) atoms. The summed E-state index contributed by atoms with van der Waals surface area (Å²) in [5.41, 5.74) is 0.689. The molecule has 4 nitrogen and oxygen atoms in total. The number of pyridine rings is 1. The normalized spacial score (nSPS) is 11.4. The van der Waals surface area contributed by atoms with E-state index in [1.165, 1.54) is 12.1 Å². The molecule has 0 bridgehead atoms. The second-order valence-electron chi connectivity index (χ2n) is 3.95. The quantitative estimate of drug-likeness (QED) is 0.872. The third-order valence-corrected chi connectivity index (χ3v) is 4.54. The summed E-state index contributed by atoms with van der Waals surface area (Å²) < 4.78 is 39.7. The molecule has 2 aromatic rings. The Balaban J connectivity index is 2.41. The van der Waals surface area contributed by atoms with E-state index in [1.54, 1.807) is 6.92 Å². The number of hydrogen-bond acceptors (Lipinski definition) is 3. The van der Waals surface area contributed by atoms with Gasteiger partial charge in [0.25, 0.3) is 10.0 Å². The molecule has 0 fully saturated rings. The number of aromatic nitrogens is 1. The van der Waals surface area contributed by atoms with Gasteiger partial charge in [-0.25, -0.2) is 17.8 Å². The van der Waals surface area contributed by atoms with Gasteiger partial charge in [0.15, 0.2) is 0 Å². The predicted molar refractivity (Wildman–Crippen MR) is 76.2 cm³/mol. The lowest BCUT2D eigenvalue weighted by Gasteiger charge is -2.11. The van der Waals surface area contributed by atoms with E-state index in [4.69, 9.17) is 23.2 Å². The zero-order valence-corrected chi connectivity index (χ0v) is 12.5. The molecule has 0 unspecified atom stereocenters. The van der Waals surface area contributed by atoms with Gasteiger partial charge in [-0.15, -0.1) is 0 Å². The highest BCUT2D eigenvalue weighted by atomic mass is 35.5. The van der Waals surface area contributed by atoms with Gasteiger partial charge in [0.1, 0.15) is 15.9 Å². The van der Waals surface area contributed by atoms with Crippen molar-refractivity contribution in [3.8, 4) is 0 Å². The predicted octanol–water partition coefficient (Wildman–Crippen LogP) is 3.64. The number of hydrogen-bond donors (Lipinski definition) is 1. The SMILES string of the molecule is Cc1nc(Cl)ccc1NS(=O)(=O)c1ccc(F)cc1Cl. The number of sulfonamides is 1. The summed E-state index contributed by atoms with van der Waals surface area (Å²) in [6.45, 7) is 1.61. The summed E-state index contributed by atoms with van der Waals surface area (Å²) in [5.74, 6) is -0.613. The number of halogens is 3. The molecule has 1 aromatic heterocycles. The minimum Gasteiger partial charge on any atom is -0.278 e. The van der Waals surface area contributed by atoms with Crippen LogP contribution in [-0.4, -0.2) is 13.4 Å². The average molecular weight is 335 g/mol. The fourth-order valence-corrected chi connectivity index (χ4v) is 3.37. The maximum Gasteiger partial charge on any atom is 0.263 e. The van der Waals surface area contributed by atoms with Crippen LogP contribution in [0.3, 0.4) is 0 Å². The molecular weight excluding hydrogens is 326 g/mol. The smallest absolute Gasteiger partial charge is 0.263 e. The Kier molecular flexibility index (Phi) is 4.17. The van der Waals surface area contributed by atoms with Crippen LogP contribution in [0, 0.1) is 12.7 Å². The third-order valence-electron chi connectivity index (χ3n) is 2.48. The van der Waals surface area contributed by atoms with E-state index in [1.807, 2.05) is 0 Å². The van der Waals surface area contributed by atoms with Gasteiger partial charge in [-0.2, -0.15) is 0 Å². The maximum atomic E-state index is 12.9. The standard InChI is InChI=1S/C12H9Cl2FN2O2S/c1-7-10(3-5-12(14)16-7)17-20(18,19)11-4-2-8(15)6-9(11)13/h2-6,17H,1H3. The van der Waals surface area contributed by atoms with Gasteiger partial charge < -0.3 is 0 Å². The molecule has 0 aliphatic rings. The van der Waals surface area contributed by atoms with Gasteiger partial charge >= 0.3 is 0 Å². The van der Waals surface area contributed by atoms with E-state index in [2.05, 4.69) is 9.71 Å². The molecule has 8 heteroatoms. The van der Waals surface area contributed by atoms with E-state index in [0.717, 1.165) is 18.2 Å². The van der Waals surface area contributed by atoms with E-state index in [0.29, 0.717) is 5.69 Å².